The van der Waals surface area contributed by atoms with Crippen molar-refractivity contribution < 1.29 is 9.66 Å². The van der Waals surface area contributed by atoms with Crippen LogP contribution in [0, 0.1) is 24.0 Å². The normalized spacial score (nSPS) is 10.6. The van der Waals surface area contributed by atoms with Crippen LogP contribution in [0.25, 0.3) is 0 Å². The van der Waals surface area contributed by atoms with Crippen LogP contribution in [0.3, 0.4) is 0 Å². The molecule has 6 nitrogen and oxygen atoms in total. The van der Waals surface area contributed by atoms with Gasteiger partial charge in [0, 0.05) is 0 Å². The lowest BCUT2D eigenvalue weighted by molar-refractivity contribution is -0.386. The monoisotopic (exact) mass is 339 g/mol. The van der Waals surface area contributed by atoms with Gasteiger partial charge >= 0.3 is 5.69 Å². The molecule has 0 bridgehead atoms. The number of nitrogens with zero attached hydrogens (tertiary/aromatic N) is 3. The van der Waals surface area contributed by atoms with Crippen molar-refractivity contribution in [1.29, 1.82) is 0 Å². The van der Waals surface area contributed by atoms with Gasteiger partial charge < -0.3 is 4.74 Å². The molecule has 0 atom stereocenters. The van der Waals surface area contributed by atoms with Gasteiger partial charge in [0.05, 0.1) is 23.1 Å². The Morgan fingerprint density at radius 3 is 2.65 bits per heavy atom. The maximum atomic E-state index is 11.0. The third kappa shape index (κ3) is 2.67. The van der Waals surface area contributed by atoms with E-state index in [2.05, 4.69) is 21.0 Å². The maximum absolute atomic E-state index is 11.0. The first-order valence-corrected chi connectivity index (χ1v) is 6.74. The highest BCUT2D eigenvalue weighted by Gasteiger charge is 2.21. The smallest absolute Gasteiger partial charge is 0.312 e. The molecule has 106 valence electrons. The Morgan fingerprint density at radius 2 is 2.15 bits per heavy atom. The van der Waals surface area contributed by atoms with Crippen LogP contribution in [-0.4, -0.2) is 21.8 Å². The molecule has 20 heavy (non-hydrogen) atoms. The average Bonchev–Trinajstić information content (AvgIpc) is 2.64. The minimum atomic E-state index is -0.391. The van der Waals surface area contributed by atoms with Gasteiger partial charge in [0.1, 0.15) is 17.1 Å². The molecule has 2 aromatic rings. The lowest BCUT2D eigenvalue weighted by atomic mass is 10.2. The first-order chi connectivity index (χ1) is 9.43. The SMILES string of the molecule is COc1ccc(Cn2nc(C)c([N+](=O)[O-])c2C)cc1Br. The molecule has 1 aromatic carbocycles. The molecule has 0 amide bonds. The molecule has 0 spiro atoms. The second-order valence-electron chi connectivity index (χ2n) is 4.40. The Hall–Kier alpha value is -1.89. The van der Waals surface area contributed by atoms with Gasteiger partial charge in [-0.2, -0.15) is 5.10 Å². The molecule has 0 radical (unpaired) electrons. The second-order valence-corrected chi connectivity index (χ2v) is 5.26. The zero-order valence-electron chi connectivity index (χ0n) is 11.4. The highest BCUT2D eigenvalue weighted by Crippen LogP contribution is 2.27. The second kappa shape index (κ2) is 5.62. The summed E-state index contributed by atoms with van der Waals surface area (Å²) in [6.45, 7) is 3.82. The lowest BCUT2D eigenvalue weighted by Gasteiger charge is -2.07. The standard InChI is InChI=1S/C13H14BrN3O3/c1-8-13(17(18)19)9(2)16(15-8)7-10-4-5-12(20-3)11(14)6-10/h4-6H,7H2,1-3H3. The van der Waals surface area contributed by atoms with E-state index in [1.165, 1.54) is 0 Å². The highest BCUT2D eigenvalue weighted by atomic mass is 79.9. The third-order valence-electron chi connectivity index (χ3n) is 3.07. The largest absolute Gasteiger partial charge is 0.496 e. The molecule has 1 aromatic heterocycles. The molecule has 0 N–H and O–H groups in total. The quantitative estimate of drug-likeness (QED) is 0.633. The average molecular weight is 340 g/mol. The molecule has 0 saturated heterocycles. The van der Waals surface area contributed by atoms with Gasteiger partial charge in [-0.15, -0.1) is 0 Å². The molecular weight excluding hydrogens is 326 g/mol. The van der Waals surface area contributed by atoms with Crippen molar-refractivity contribution >= 4 is 21.6 Å². The van der Waals surface area contributed by atoms with Crippen LogP contribution in [0.1, 0.15) is 17.0 Å². The fourth-order valence-corrected chi connectivity index (χ4v) is 2.67. The zero-order chi connectivity index (χ0) is 14.9. The third-order valence-corrected chi connectivity index (χ3v) is 3.69. The topological polar surface area (TPSA) is 70.2 Å². The molecule has 0 unspecified atom stereocenters. The summed E-state index contributed by atoms with van der Waals surface area (Å²) < 4.78 is 7.65. The van der Waals surface area contributed by atoms with Gasteiger partial charge in [0.25, 0.3) is 0 Å². The maximum Gasteiger partial charge on any atom is 0.312 e. The number of ether oxygens (including phenoxy) is 1. The molecule has 7 heteroatoms. The van der Waals surface area contributed by atoms with E-state index in [4.69, 9.17) is 4.74 Å². The summed E-state index contributed by atoms with van der Waals surface area (Å²) in [4.78, 5) is 10.6. The number of nitro groups is 1. The summed E-state index contributed by atoms with van der Waals surface area (Å²) in [6.07, 6.45) is 0. The lowest BCUT2D eigenvalue weighted by Crippen LogP contribution is -2.04. The first kappa shape index (κ1) is 14.5. The van der Waals surface area contributed by atoms with Crippen LogP contribution in [0.5, 0.6) is 5.75 Å². The van der Waals surface area contributed by atoms with Crippen molar-refractivity contribution in [3.8, 4) is 5.75 Å². The highest BCUT2D eigenvalue weighted by molar-refractivity contribution is 9.10. The van der Waals surface area contributed by atoms with Gasteiger partial charge in [-0.05, 0) is 47.5 Å². The number of hydrogen-bond donors (Lipinski definition) is 0. The number of methoxy groups -OCH3 is 1. The van der Waals surface area contributed by atoms with Gasteiger partial charge in [-0.1, -0.05) is 6.07 Å². The summed E-state index contributed by atoms with van der Waals surface area (Å²) in [7, 11) is 1.60. The predicted octanol–water partition coefficient (Wildman–Crippen LogP) is 3.23. The van der Waals surface area contributed by atoms with E-state index in [-0.39, 0.29) is 5.69 Å². The number of hydrogen-bond acceptors (Lipinski definition) is 4. The van der Waals surface area contributed by atoms with E-state index in [1.807, 2.05) is 18.2 Å². The Labute approximate surface area is 124 Å². The Balaban J connectivity index is 2.33. The number of benzene rings is 1. The minimum Gasteiger partial charge on any atom is -0.496 e. The van der Waals surface area contributed by atoms with E-state index < -0.39 is 4.92 Å². The summed E-state index contributed by atoms with van der Waals surface area (Å²) in [5, 5.41) is 15.2. The van der Waals surface area contributed by atoms with Crippen LogP contribution in [0.2, 0.25) is 0 Å². The minimum absolute atomic E-state index is 0.0811. The van der Waals surface area contributed by atoms with Crippen molar-refractivity contribution in [3.05, 3.63) is 49.7 Å². The van der Waals surface area contributed by atoms with E-state index >= 15 is 0 Å². The molecule has 0 aliphatic carbocycles. The van der Waals surface area contributed by atoms with Crippen LogP contribution >= 0.6 is 15.9 Å². The summed E-state index contributed by atoms with van der Waals surface area (Å²) in [5.74, 6) is 0.744. The summed E-state index contributed by atoms with van der Waals surface area (Å²) >= 11 is 3.42. The predicted molar refractivity (Wildman–Crippen MR) is 78.2 cm³/mol. The number of halogens is 1. The van der Waals surface area contributed by atoms with Crippen molar-refractivity contribution in [1.82, 2.24) is 9.78 Å². The molecule has 1 heterocycles. The first-order valence-electron chi connectivity index (χ1n) is 5.95. The summed E-state index contributed by atoms with van der Waals surface area (Å²) in [6, 6.07) is 5.67. The van der Waals surface area contributed by atoms with E-state index in [0.717, 1.165) is 15.8 Å². The molecular formula is C13H14BrN3O3. The van der Waals surface area contributed by atoms with Gasteiger partial charge in [0.15, 0.2) is 0 Å². The van der Waals surface area contributed by atoms with Crippen LogP contribution in [0.4, 0.5) is 5.69 Å². The molecule has 0 aliphatic rings. The van der Waals surface area contributed by atoms with Crippen LogP contribution in [-0.2, 0) is 6.54 Å². The molecule has 2 rings (SSSR count). The summed E-state index contributed by atoms with van der Waals surface area (Å²) in [5.41, 5.74) is 2.05. The Morgan fingerprint density at radius 1 is 1.45 bits per heavy atom. The van der Waals surface area contributed by atoms with E-state index in [9.17, 15) is 10.1 Å². The van der Waals surface area contributed by atoms with E-state index in [0.29, 0.717) is 17.9 Å². The van der Waals surface area contributed by atoms with Crippen molar-refractivity contribution in [2.24, 2.45) is 0 Å². The van der Waals surface area contributed by atoms with Crippen molar-refractivity contribution in [2.75, 3.05) is 7.11 Å². The Kier molecular flexibility index (Phi) is 4.08. The molecule has 0 aliphatic heterocycles. The van der Waals surface area contributed by atoms with Crippen molar-refractivity contribution in [3.63, 3.8) is 0 Å². The van der Waals surface area contributed by atoms with Gasteiger partial charge in [0.2, 0.25) is 0 Å². The molecule has 0 saturated carbocycles. The van der Waals surface area contributed by atoms with Gasteiger partial charge in [-0.3, -0.25) is 14.8 Å². The van der Waals surface area contributed by atoms with Gasteiger partial charge in [-0.25, -0.2) is 0 Å². The number of aromatic nitrogens is 2. The fraction of sp³-hybridized carbons (Fsp3) is 0.308. The number of rotatable bonds is 4. The van der Waals surface area contributed by atoms with E-state index in [1.54, 1.807) is 25.6 Å². The number of aryl methyl sites for hydroxylation is 1. The van der Waals surface area contributed by atoms with Crippen LogP contribution < -0.4 is 4.74 Å². The Bertz CT molecular complexity index is 667. The molecule has 0 fully saturated rings. The zero-order valence-corrected chi connectivity index (χ0v) is 13.0. The fourth-order valence-electron chi connectivity index (χ4n) is 2.09. The van der Waals surface area contributed by atoms with Crippen molar-refractivity contribution in [2.45, 2.75) is 20.4 Å². The van der Waals surface area contributed by atoms with Crippen LogP contribution in [0.15, 0.2) is 22.7 Å².